The lowest BCUT2D eigenvalue weighted by Crippen LogP contribution is -2.46. The Morgan fingerprint density at radius 3 is 2.54 bits per heavy atom. The summed E-state index contributed by atoms with van der Waals surface area (Å²) < 4.78 is 29.2. The summed E-state index contributed by atoms with van der Waals surface area (Å²) in [5, 5.41) is 0.660. The van der Waals surface area contributed by atoms with Crippen LogP contribution in [0.1, 0.15) is 30.6 Å². The van der Waals surface area contributed by atoms with Gasteiger partial charge in [0.2, 0.25) is 0 Å². The van der Waals surface area contributed by atoms with Crippen LogP contribution in [0.4, 0.5) is 0 Å². The van der Waals surface area contributed by atoms with Crippen molar-refractivity contribution in [1.82, 2.24) is 9.80 Å². The molecule has 1 fully saturated rings. The second kappa shape index (κ2) is 8.45. The quantitative estimate of drug-likeness (QED) is 0.651. The fraction of sp³-hybridized carbons (Fsp3) is 0.500. The fourth-order valence-electron chi connectivity index (χ4n) is 3.63. The lowest BCUT2D eigenvalue weighted by molar-refractivity contribution is 0.0670. The number of sulfone groups is 1. The summed E-state index contributed by atoms with van der Waals surface area (Å²) in [5.74, 6) is -0.455. The van der Waals surface area contributed by atoms with E-state index in [4.69, 9.17) is 4.42 Å². The molecule has 7 nitrogen and oxygen atoms in total. The van der Waals surface area contributed by atoms with E-state index in [1.165, 1.54) is 6.07 Å². The first-order valence-corrected chi connectivity index (χ1v) is 11.4. The maximum absolute atomic E-state index is 13.2. The van der Waals surface area contributed by atoms with E-state index in [0.29, 0.717) is 30.5 Å². The lowest BCUT2D eigenvalue weighted by atomic mass is 10.1. The Morgan fingerprint density at radius 1 is 1.18 bits per heavy atom. The largest absolute Gasteiger partial charge is 0.422 e. The van der Waals surface area contributed by atoms with Crippen LogP contribution in [0.2, 0.25) is 0 Å². The second-order valence-electron chi connectivity index (χ2n) is 7.07. The Morgan fingerprint density at radius 2 is 1.89 bits per heavy atom. The molecule has 3 rings (SSSR count). The number of hydrogen-bond acceptors (Lipinski definition) is 6. The molecule has 1 aliphatic heterocycles. The Hall–Kier alpha value is -2.19. The predicted molar refractivity (Wildman–Crippen MR) is 108 cm³/mol. The number of likely N-dealkylation sites (N-methyl/N-ethyl adjacent to an activating group) is 1. The van der Waals surface area contributed by atoms with Crippen LogP contribution in [0.25, 0.3) is 11.0 Å². The highest BCUT2D eigenvalue weighted by Gasteiger charge is 2.36. The van der Waals surface area contributed by atoms with Crippen molar-refractivity contribution in [3.05, 3.63) is 46.3 Å². The number of fused-ring (bicyclic) bond motifs is 1. The van der Waals surface area contributed by atoms with E-state index in [-0.39, 0.29) is 17.1 Å². The Bertz CT molecular complexity index is 1010. The third kappa shape index (κ3) is 4.44. The standard InChI is InChI=1S/C20H26N2O5S/c1-3-21(4-2)10-11-22(16-9-12-28(25,26)14-16)19(23)17-13-15-7-5-6-8-18(15)27-20(17)24/h5-8,13,16H,3-4,9-12,14H2,1-2H3. The maximum atomic E-state index is 13.2. The topological polar surface area (TPSA) is 87.9 Å². The summed E-state index contributed by atoms with van der Waals surface area (Å²) in [7, 11) is -3.16. The number of carbonyl (C=O) groups excluding carboxylic acids is 1. The number of rotatable bonds is 7. The average molecular weight is 407 g/mol. The van der Waals surface area contributed by atoms with Gasteiger partial charge >= 0.3 is 5.63 Å². The first kappa shape index (κ1) is 20.5. The number of nitrogens with zero attached hydrogens (tertiary/aromatic N) is 2. The molecule has 1 aromatic carbocycles. The Balaban J connectivity index is 1.93. The molecule has 0 spiro atoms. The molecule has 2 heterocycles. The van der Waals surface area contributed by atoms with Gasteiger partial charge in [0, 0.05) is 24.5 Å². The van der Waals surface area contributed by atoms with Gasteiger partial charge in [0.25, 0.3) is 5.91 Å². The predicted octanol–water partition coefficient (Wildman–Crippen LogP) is 1.76. The van der Waals surface area contributed by atoms with E-state index < -0.39 is 27.4 Å². The van der Waals surface area contributed by atoms with Gasteiger partial charge in [-0.25, -0.2) is 13.2 Å². The van der Waals surface area contributed by atoms with Crippen LogP contribution < -0.4 is 5.63 Å². The molecule has 1 aliphatic rings. The summed E-state index contributed by atoms with van der Waals surface area (Å²) in [6, 6.07) is 8.13. The minimum atomic E-state index is -3.16. The molecule has 0 N–H and O–H groups in total. The monoisotopic (exact) mass is 406 g/mol. The van der Waals surface area contributed by atoms with Crippen LogP contribution in [0.15, 0.2) is 39.5 Å². The van der Waals surface area contributed by atoms with Gasteiger partial charge in [-0.05, 0) is 31.6 Å². The van der Waals surface area contributed by atoms with Crippen LogP contribution in [0.3, 0.4) is 0 Å². The molecule has 2 aromatic rings. The normalized spacial score (nSPS) is 18.6. The first-order chi connectivity index (χ1) is 13.3. The summed E-state index contributed by atoms with van der Waals surface area (Å²) >= 11 is 0. The smallest absolute Gasteiger partial charge is 0.349 e. The van der Waals surface area contributed by atoms with Crippen LogP contribution in [0, 0.1) is 0 Å². The van der Waals surface area contributed by atoms with Crippen LogP contribution in [-0.2, 0) is 9.84 Å². The second-order valence-corrected chi connectivity index (χ2v) is 9.30. The van der Waals surface area contributed by atoms with Crippen molar-refractivity contribution < 1.29 is 17.6 Å². The zero-order valence-corrected chi connectivity index (χ0v) is 17.1. The lowest BCUT2D eigenvalue weighted by Gasteiger charge is -2.30. The van der Waals surface area contributed by atoms with Gasteiger partial charge in [-0.2, -0.15) is 0 Å². The van der Waals surface area contributed by atoms with Gasteiger partial charge in [0.05, 0.1) is 11.5 Å². The van der Waals surface area contributed by atoms with E-state index >= 15 is 0 Å². The highest BCUT2D eigenvalue weighted by molar-refractivity contribution is 7.91. The number of benzene rings is 1. The molecule has 28 heavy (non-hydrogen) atoms. The molecule has 0 bridgehead atoms. The van der Waals surface area contributed by atoms with E-state index in [0.717, 1.165) is 13.1 Å². The summed E-state index contributed by atoms with van der Waals surface area (Å²) in [6.45, 7) is 6.72. The van der Waals surface area contributed by atoms with Crippen molar-refractivity contribution in [1.29, 1.82) is 0 Å². The van der Waals surface area contributed by atoms with Gasteiger partial charge in [-0.1, -0.05) is 32.0 Å². The van der Waals surface area contributed by atoms with Crippen molar-refractivity contribution >= 4 is 26.7 Å². The van der Waals surface area contributed by atoms with Crippen molar-refractivity contribution in [3.63, 3.8) is 0 Å². The molecule has 0 saturated carbocycles. The van der Waals surface area contributed by atoms with Crippen LogP contribution in [-0.4, -0.2) is 67.9 Å². The summed E-state index contributed by atoms with van der Waals surface area (Å²) in [4.78, 5) is 29.4. The number of para-hydroxylation sites is 1. The highest BCUT2D eigenvalue weighted by Crippen LogP contribution is 2.21. The first-order valence-electron chi connectivity index (χ1n) is 9.61. The highest BCUT2D eigenvalue weighted by atomic mass is 32.2. The van der Waals surface area contributed by atoms with Gasteiger partial charge in [0.15, 0.2) is 9.84 Å². The van der Waals surface area contributed by atoms with E-state index in [9.17, 15) is 18.0 Å². The van der Waals surface area contributed by atoms with Crippen LogP contribution in [0.5, 0.6) is 0 Å². The van der Waals surface area contributed by atoms with Crippen molar-refractivity contribution in [3.8, 4) is 0 Å². The molecule has 0 radical (unpaired) electrons. The molecule has 152 valence electrons. The third-order valence-corrected chi connectivity index (χ3v) is 7.08. The van der Waals surface area contributed by atoms with Gasteiger partial charge in [0.1, 0.15) is 11.1 Å². The Labute approximate surface area is 164 Å². The van der Waals surface area contributed by atoms with E-state index in [2.05, 4.69) is 4.90 Å². The van der Waals surface area contributed by atoms with Crippen molar-refractivity contribution in [2.75, 3.05) is 37.7 Å². The maximum Gasteiger partial charge on any atom is 0.349 e. The molecule has 1 amide bonds. The molecule has 1 saturated heterocycles. The average Bonchev–Trinajstić information content (AvgIpc) is 3.03. The van der Waals surface area contributed by atoms with Crippen molar-refractivity contribution in [2.24, 2.45) is 0 Å². The van der Waals surface area contributed by atoms with Crippen LogP contribution >= 0.6 is 0 Å². The molecule has 1 aromatic heterocycles. The third-order valence-electron chi connectivity index (χ3n) is 5.33. The summed E-state index contributed by atoms with van der Waals surface area (Å²) in [6.07, 6.45) is 0.394. The fourth-order valence-corrected chi connectivity index (χ4v) is 5.36. The number of amides is 1. The minimum absolute atomic E-state index is 0.0532. The molecule has 1 atom stereocenters. The molecule has 8 heteroatoms. The Kier molecular flexibility index (Phi) is 6.20. The van der Waals surface area contributed by atoms with E-state index in [1.54, 1.807) is 29.2 Å². The summed E-state index contributed by atoms with van der Waals surface area (Å²) in [5.41, 5.74) is -0.331. The number of hydrogen-bond donors (Lipinski definition) is 0. The van der Waals surface area contributed by atoms with Crippen molar-refractivity contribution in [2.45, 2.75) is 26.3 Å². The van der Waals surface area contributed by atoms with E-state index in [1.807, 2.05) is 13.8 Å². The van der Waals surface area contributed by atoms with Gasteiger partial charge in [-0.3, -0.25) is 4.79 Å². The SMILES string of the molecule is CCN(CC)CCN(C(=O)c1cc2ccccc2oc1=O)C1CCS(=O)(=O)C1. The molecular formula is C20H26N2O5S. The molecule has 0 aliphatic carbocycles. The zero-order chi connectivity index (χ0) is 20.3. The van der Waals surface area contributed by atoms with Gasteiger partial charge in [-0.15, -0.1) is 0 Å². The van der Waals surface area contributed by atoms with Gasteiger partial charge < -0.3 is 14.2 Å². The minimum Gasteiger partial charge on any atom is -0.422 e. The molecular weight excluding hydrogens is 380 g/mol. The number of carbonyl (C=O) groups is 1. The zero-order valence-electron chi connectivity index (χ0n) is 16.3. The molecule has 1 unspecified atom stereocenters.